The molecule has 0 aliphatic heterocycles. The van der Waals surface area contributed by atoms with Crippen LogP contribution in [0, 0.1) is 6.92 Å². The van der Waals surface area contributed by atoms with Gasteiger partial charge in [-0.15, -0.1) is 11.6 Å². The summed E-state index contributed by atoms with van der Waals surface area (Å²) in [6.07, 6.45) is 0. The Morgan fingerprint density at radius 1 is 1.53 bits per heavy atom. The maximum atomic E-state index is 5.87. The van der Waals surface area contributed by atoms with Crippen molar-refractivity contribution in [1.29, 1.82) is 0 Å². The average Bonchev–Trinajstić information content (AvgIpc) is 2.59. The highest BCUT2D eigenvalue weighted by Gasteiger charge is 2.09. The lowest BCUT2D eigenvalue weighted by molar-refractivity contribution is 0.659. The van der Waals surface area contributed by atoms with Crippen LogP contribution in [0.5, 0.6) is 0 Å². The molecular weight excluding hydrogens is 210 g/mol. The molecule has 2 aromatic rings. The van der Waals surface area contributed by atoms with Gasteiger partial charge in [0.05, 0.1) is 11.0 Å². The number of rotatable bonds is 3. The number of fused-ring (bicyclic) bond motifs is 1. The van der Waals surface area contributed by atoms with E-state index in [4.69, 9.17) is 11.6 Å². The third kappa shape index (κ3) is 1.98. The van der Waals surface area contributed by atoms with Crippen LogP contribution < -0.4 is 5.32 Å². The number of alkyl halides is 1. The number of imidazole rings is 1. The lowest BCUT2D eigenvalue weighted by Gasteiger charge is -2.12. The standard InChI is InChI=1S/C11H14ClN3/c1-7-14-9-4-3-8(5-10(9)15-7)11(6-12)13-2/h3-5,11,13H,6H2,1-2H3,(H,14,15). The van der Waals surface area contributed by atoms with Gasteiger partial charge in [-0.3, -0.25) is 0 Å². The molecule has 0 aliphatic rings. The Hall–Kier alpha value is -1.06. The Balaban J connectivity index is 2.45. The molecule has 3 nitrogen and oxygen atoms in total. The molecule has 0 aliphatic carbocycles. The molecule has 0 fully saturated rings. The summed E-state index contributed by atoms with van der Waals surface area (Å²) < 4.78 is 0. The van der Waals surface area contributed by atoms with Crippen LogP contribution in [-0.2, 0) is 0 Å². The molecular formula is C11H14ClN3. The zero-order valence-electron chi connectivity index (χ0n) is 8.84. The Morgan fingerprint density at radius 2 is 2.33 bits per heavy atom. The van der Waals surface area contributed by atoms with Crippen LogP contribution in [0.15, 0.2) is 18.2 Å². The van der Waals surface area contributed by atoms with E-state index in [1.807, 2.05) is 20.0 Å². The fourth-order valence-electron chi connectivity index (χ4n) is 1.70. The molecule has 0 amide bonds. The van der Waals surface area contributed by atoms with Gasteiger partial charge in [0, 0.05) is 11.9 Å². The van der Waals surface area contributed by atoms with Gasteiger partial charge in [-0.25, -0.2) is 4.98 Å². The van der Waals surface area contributed by atoms with E-state index in [0.717, 1.165) is 16.9 Å². The first-order valence-electron chi connectivity index (χ1n) is 4.94. The summed E-state index contributed by atoms with van der Waals surface area (Å²) in [5.74, 6) is 1.50. The number of hydrogen-bond donors (Lipinski definition) is 2. The number of benzene rings is 1. The van der Waals surface area contributed by atoms with Crippen molar-refractivity contribution in [3.05, 3.63) is 29.6 Å². The van der Waals surface area contributed by atoms with Crippen molar-refractivity contribution < 1.29 is 0 Å². The van der Waals surface area contributed by atoms with Crippen LogP contribution in [0.3, 0.4) is 0 Å². The van der Waals surface area contributed by atoms with Crippen LogP contribution in [0.1, 0.15) is 17.4 Å². The predicted octanol–water partition coefficient (Wildman–Crippen LogP) is 2.37. The minimum absolute atomic E-state index is 0.194. The second kappa shape index (κ2) is 4.21. The van der Waals surface area contributed by atoms with Crippen molar-refractivity contribution in [2.75, 3.05) is 12.9 Å². The predicted molar refractivity (Wildman–Crippen MR) is 63.4 cm³/mol. The Labute approximate surface area is 93.9 Å². The van der Waals surface area contributed by atoms with Gasteiger partial charge in [-0.05, 0) is 31.7 Å². The minimum atomic E-state index is 0.194. The van der Waals surface area contributed by atoms with E-state index in [1.54, 1.807) is 0 Å². The third-order valence-electron chi connectivity index (χ3n) is 2.53. The fraction of sp³-hybridized carbons (Fsp3) is 0.364. The number of hydrogen-bond acceptors (Lipinski definition) is 2. The summed E-state index contributed by atoms with van der Waals surface area (Å²) in [6, 6.07) is 6.37. The summed E-state index contributed by atoms with van der Waals surface area (Å²) in [7, 11) is 1.91. The molecule has 0 bridgehead atoms. The number of halogens is 1. The lowest BCUT2D eigenvalue weighted by atomic mass is 10.1. The van der Waals surface area contributed by atoms with Gasteiger partial charge in [0.2, 0.25) is 0 Å². The molecule has 1 aromatic carbocycles. The van der Waals surface area contributed by atoms with Crippen molar-refractivity contribution in [2.24, 2.45) is 0 Å². The first-order chi connectivity index (χ1) is 7.24. The first kappa shape index (κ1) is 10.5. The Bertz CT molecular complexity index is 460. The van der Waals surface area contributed by atoms with Crippen molar-refractivity contribution in [2.45, 2.75) is 13.0 Å². The Kier molecular flexibility index (Phi) is 2.93. The highest BCUT2D eigenvalue weighted by molar-refractivity contribution is 6.18. The van der Waals surface area contributed by atoms with Crippen LogP contribution in [0.4, 0.5) is 0 Å². The summed E-state index contributed by atoms with van der Waals surface area (Å²) in [4.78, 5) is 7.58. The molecule has 2 rings (SSSR count). The van der Waals surface area contributed by atoms with Gasteiger partial charge in [0.25, 0.3) is 0 Å². The van der Waals surface area contributed by atoms with E-state index >= 15 is 0 Å². The van der Waals surface area contributed by atoms with E-state index in [-0.39, 0.29) is 6.04 Å². The van der Waals surface area contributed by atoms with E-state index in [2.05, 4.69) is 27.4 Å². The molecule has 0 saturated carbocycles. The fourth-order valence-corrected chi connectivity index (χ4v) is 2.04. The van der Waals surface area contributed by atoms with Crippen LogP contribution in [-0.4, -0.2) is 22.9 Å². The summed E-state index contributed by atoms with van der Waals surface area (Å²) in [5.41, 5.74) is 3.25. The lowest BCUT2D eigenvalue weighted by Crippen LogP contribution is -2.17. The topological polar surface area (TPSA) is 40.7 Å². The molecule has 2 N–H and O–H groups in total. The highest BCUT2D eigenvalue weighted by atomic mass is 35.5. The molecule has 0 saturated heterocycles. The Morgan fingerprint density at radius 3 is 3.00 bits per heavy atom. The van der Waals surface area contributed by atoms with Crippen LogP contribution in [0.2, 0.25) is 0 Å². The number of aromatic nitrogens is 2. The third-order valence-corrected chi connectivity index (χ3v) is 2.84. The number of H-pyrrole nitrogens is 1. The maximum Gasteiger partial charge on any atom is 0.104 e. The molecule has 80 valence electrons. The minimum Gasteiger partial charge on any atom is -0.342 e. The van der Waals surface area contributed by atoms with Crippen molar-refractivity contribution in [1.82, 2.24) is 15.3 Å². The van der Waals surface area contributed by atoms with Gasteiger partial charge >= 0.3 is 0 Å². The van der Waals surface area contributed by atoms with E-state index in [9.17, 15) is 0 Å². The van der Waals surface area contributed by atoms with Crippen molar-refractivity contribution >= 4 is 22.6 Å². The molecule has 1 atom stereocenters. The number of aryl methyl sites for hydroxylation is 1. The first-order valence-corrected chi connectivity index (χ1v) is 5.47. The largest absolute Gasteiger partial charge is 0.342 e. The quantitative estimate of drug-likeness (QED) is 0.785. The molecule has 15 heavy (non-hydrogen) atoms. The van der Waals surface area contributed by atoms with Crippen molar-refractivity contribution in [3.8, 4) is 0 Å². The molecule has 1 aromatic heterocycles. The zero-order chi connectivity index (χ0) is 10.8. The number of aromatic amines is 1. The average molecular weight is 224 g/mol. The number of nitrogens with zero attached hydrogens (tertiary/aromatic N) is 1. The highest BCUT2D eigenvalue weighted by Crippen LogP contribution is 2.19. The van der Waals surface area contributed by atoms with Crippen LogP contribution >= 0.6 is 11.6 Å². The smallest absolute Gasteiger partial charge is 0.104 e. The zero-order valence-corrected chi connectivity index (χ0v) is 9.60. The van der Waals surface area contributed by atoms with E-state index in [0.29, 0.717) is 5.88 Å². The van der Waals surface area contributed by atoms with E-state index < -0.39 is 0 Å². The van der Waals surface area contributed by atoms with Gasteiger partial charge in [0.15, 0.2) is 0 Å². The van der Waals surface area contributed by atoms with Gasteiger partial charge in [-0.1, -0.05) is 6.07 Å². The second-order valence-corrected chi connectivity index (χ2v) is 3.90. The van der Waals surface area contributed by atoms with Gasteiger partial charge in [0.1, 0.15) is 5.82 Å². The second-order valence-electron chi connectivity index (χ2n) is 3.59. The van der Waals surface area contributed by atoms with Gasteiger partial charge < -0.3 is 10.3 Å². The summed E-state index contributed by atoms with van der Waals surface area (Å²) in [6.45, 7) is 1.96. The molecule has 0 radical (unpaired) electrons. The normalized spacial score (nSPS) is 13.3. The maximum absolute atomic E-state index is 5.87. The SMILES string of the molecule is CNC(CCl)c1ccc2nc(C)[nH]c2c1. The molecule has 0 spiro atoms. The van der Waals surface area contributed by atoms with Gasteiger partial charge in [-0.2, -0.15) is 0 Å². The summed E-state index contributed by atoms with van der Waals surface area (Å²) in [5, 5.41) is 3.17. The van der Waals surface area contributed by atoms with Crippen molar-refractivity contribution in [3.63, 3.8) is 0 Å². The van der Waals surface area contributed by atoms with E-state index in [1.165, 1.54) is 5.56 Å². The molecule has 1 heterocycles. The summed E-state index contributed by atoms with van der Waals surface area (Å²) >= 11 is 5.87. The van der Waals surface area contributed by atoms with Crippen LogP contribution in [0.25, 0.3) is 11.0 Å². The number of nitrogens with one attached hydrogen (secondary N) is 2. The molecule has 1 unspecified atom stereocenters. The monoisotopic (exact) mass is 223 g/mol. The molecule has 4 heteroatoms.